The van der Waals surface area contributed by atoms with Crippen molar-refractivity contribution in [1.82, 2.24) is 4.90 Å². The van der Waals surface area contributed by atoms with Gasteiger partial charge in [-0.1, -0.05) is 15.9 Å². The number of nitrogens with two attached hydrogens (primary N) is 1. The molecule has 1 aromatic rings. The lowest BCUT2D eigenvalue weighted by Gasteiger charge is -2.24. The van der Waals surface area contributed by atoms with Crippen LogP contribution in [0.25, 0.3) is 0 Å². The van der Waals surface area contributed by atoms with Gasteiger partial charge in [0.25, 0.3) is 0 Å². The van der Waals surface area contributed by atoms with E-state index in [1.807, 2.05) is 12.1 Å². The first-order chi connectivity index (χ1) is 7.66. The lowest BCUT2D eigenvalue weighted by Crippen LogP contribution is -2.31. The molecule has 0 aliphatic carbocycles. The predicted octanol–water partition coefficient (Wildman–Crippen LogP) is 2.97. The molecule has 1 aliphatic heterocycles. The molecule has 0 amide bonds. The molecule has 1 unspecified atom stereocenters. The maximum Gasteiger partial charge on any atom is 0.0318 e. The van der Waals surface area contributed by atoms with Gasteiger partial charge in [-0.2, -0.15) is 11.8 Å². The van der Waals surface area contributed by atoms with Gasteiger partial charge in [0.2, 0.25) is 0 Å². The van der Waals surface area contributed by atoms with E-state index in [4.69, 9.17) is 5.73 Å². The molecule has 1 aromatic carbocycles. The first-order valence-electron chi connectivity index (χ1n) is 5.48. The van der Waals surface area contributed by atoms with E-state index in [0.29, 0.717) is 0 Å². The number of nitrogen functional groups attached to an aromatic ring is 1. The largest absolute Gasteiger partial charge is 0.399 e. The summed E-state index contributed by atoms with van der Waals surface area (Å²) in [5.74, 6) is 2.56. The Labute approximate surface area is 110 Å². The molecular formula is C12H17BrN2S. The maximum absolute atomic E-state index is 5.81. The van der Waals surface area contributed by atoms with Gasteiger partial charge in [-0.15, -0.1) is 0 Å². The minimum atomic E-state index is 0.721. The number of nitrogens with zero attached hydrogens (tertiary/aromatic N) is 1. The summed E-state index contributed by atoms with van der Waals surface area (Å²) in [4.78, 5) is 2.43. The molecule has 1 heterocycles. The summed E-state index contributed by atoms with van der Waals surface area (Å²) < 4.78 is 1.15. The van der Waals surface area contributed by atoms with Crippen molar-refractivity contribution in [2.45, 2.75) is 19.0 Å². The topological polar surface area (TPSA) is 29.3 Å². The third-order valence-electron chi connectivity index (χ3n) is 3.02. The zero-order valence-electron chi connectivity index (χ0n) is 9.45. The summed E-state index contributed by atoms with van der Waals surface area (Å²) in [6, 6.07) is 6.74. The highest BCUT2D eigenvalue weighted by molar-refractivity contribution is 9.10. The van der Waals surface area contributed by atoms with Crippen molar-refractivity contribution < 1.29 is 0 Å². The van der Waals surface area contributed by atoms with Crippen LogP contribution < -0.4 is 5.73 Å². The molecule has 1 saturated heterocycles. The Morgan fingerprint density at radius 2 is 2.38 bits per heavy atom. The Bertz CT molecular complexity index is 364. The predicted molar refractivity (Wildman–Crippen MR) is 75.8 cm³/mol. The van der Waals surface area contributed by atoms with Crippen LogP contribution in [0.15, 0.2) is 22.7 Å². The van der Waals surface area contributed by atoms with Crippen LogP contribution >= 0.6 is 27.7 Å². The molecule has 0 bridgehead atoms. The summed E-state index contributed by atoms with van der Waals surface area (Å²) in [6.07, 6.45) is 1.31. The van der Waals surface area contributed by atoms with Crippen molar-refractivity contribution in [3.63, 3.8) is 0 Å². The quantitative estimate of drug-likeness (QED) is 0.870. The van der Waals surface area contributed by atoms with E-state index in [1.54, 1.807) is 0 Å². The summed E-state index contributed by atoms with van der Waals surface area (Å²) >= 11 is 5.63. The van der Waals surface area contributed by atoms with Gasteiger partial charge in [0, 0.05) is 28.5 Å². The first kappa shape index (κ1) is 12.3. The number of benzene rings is 1. The van der Waals surface area contributed by atoms with E-state index < -0.39 is 0 Å². The van der Waals surface area contributed by atoms with E-state index in [0.717, 1.165) is 22.7 Å². The minimum absolute atomic E-state index is 0.721. The Kier molecular flexibility index (Phi) is 4.16. The molecule has 0 radical (unpaired) electrons. The van der Waals surface area contributed by atoms with Crippen LogP contribution in [-0.2, 0) is 6.54 Å². The standard InChI is InChI=1S/C12H17BrN2S/c1-15(11-4-5-16-8-11)7-9-6-10(14)2-3-12(9)13/h2-3,6,11H,4-5,7-8,14H2,1H3. The summed E-state index contributed by atoms with van der Waals surface area (Å²) in [5.41, 5.74) is 7.93. The molecule has 16 heavy (non-hydrogen) atoms. The van der Waals surface area contributed by atoms with Crippen molar-refractivity contribution in [2.75, 3.05) is 24.3 Å². The number of hydrogen-bond acceptors (Lipinski definition) is 3. The van der Waals surface area contributed by atoms with E-state index in [9.17, 15) is 0 Å². The molecule has 0 spiro atoms. The number of rotatable bonds is 3. The lowest BCUT2D eigenvalue weighted by atomic mass is 10.1. The van der Waals surface area contributed by atoms with E-state index in [-0.39, 0.29) is 0 Å². The number of thioether (sulfide) groups is 1. The maximum atomic E-state index is 5.81. The van der Waals surface area contributed by atoms with Crippen molar-refractivity contribution in [3.8, 4) is 0 Å². The summed E-state index contributed by atoms with van der Waals surface area (Å²) in [5, 5.41) is 0. The lowest BCUT2D eigenvalue weighted by molar-refractivity contribution is 0.254. The Hall–Kier alpha value is -0.190. The highest BCUT2D eigenvalue weighted by atomic mass is 79.9. The van der Waals surface area contributed by atoms with Crippen LogP contribution in [0.1, 0.15) is 12.0 Å². The van der Waals surface area contributed by atoms with Crippen molar-refractivity contribution in [1.29, 1.82) is 0 Å². The van der Waals surface area contributed by atoms with Gasteiger partial charge in [-0.05, 0) is 43.0 Å². The second-order valence-electron chi connectivity index (χ2n) is 4.28. The number of halogens is 1. The minimum Gasteiger partial charge on any atom is -0.399 e. The van der Waals surface area contributed by atoms with Gasteiger partial charge >= 0.3 is 0 Å². The zero-order chi connectivity index (χ0) is 11.5. The van der Waals surface area contributed by atoms with Crippen molar-refractivity contribution in [3.05, 3.63) is 28.2 Å². The molecule has 1 aliphatic rings. The number of anilines is 1. The molecule has 2 nitrogen and oxygen atoms in total. The van der Waals surface area contributed by atoms with Crippen molar-refractivity contribution >= 4 is 33.4 Å². The highest BCUT2D eigenvalue weighted by Gasteiger charge is 2.20. The molecule has 1 fully saturated rings. The summed E-state index contributed by atoms with van der Waals surface area (Å²) in [6.45, 7) is 0.969. The fourth-order valence-electron chi connectivity index (χ4n) is 1.98. The summed E-state index contributed by atoms with van der Waals surface area (Å²) in [7, 11) is 2.20. The molecule has 0 saturated carbocycles. The Balaban J connectivity index is 2.04. The second kappa shape index (κ2) is 5.43. The third-order valence-corrected chi connectivity index (χ3v) is 4.94. The second-order valence-corrected chi connectivity index (χ2v) is 6.29. The van der Waals surface area contributed by atoms with Crippen LogP contribution in [0.4, 0.5) is 5.69 Å². The smallest absolute Gasteiger partial charge is 0.0318 e. The van der Waals surface area contributed by atoms with Gasteiger partial charge in [-0.3, -0.25) is 4.90 Å². The average Bonchev–Trinajstić information content (AvgIpc) is 2.76. The van der Waals surface area contributed by atoms with Crippen LogP contribution in [0, 0.1) is 0 Å². The Morgan fingerprint density at radius 1 is 1.56 bits per heavy atom. The van der Waals surface area contributed by atoms with Crippen LogP contribution in [0.5, 0.6) is 0 Å². The van der Waals surface area contributed by atoms with Gasteiger partial charge in [0.15, 0.2) is 0 Å². The third kappa shape index (κ3) is 2.93. The highest BCUT2D eigenvalue weighted by Crippen LogP contribution is 2.25. The van der Waals surface area contributed by atoms with E-state index in [1.165, 1.54) is 23.5 Å². The molecule has 4 heteroatoms. The molecule has 2 N–H and O–H groups in total. The fourth-order valence-corrected chi connectivity index (χ4v) is 3.65. The molecule has 2 rings (SSSR count). The molecule has 1 atom stereocenters. The van der Waals surface area contributed by atoms with Gasteiger partial charge in [0.05, 0.1) is 0 Å². The molecule has 0 aromatic heterocycles. The van der Waals surface area contributed by atoms with Gasteiger partial charge < -0.3 is 5.73 Å². The SMILES string of the molecule is CN(Cc1cc(N)ccc1Br)C1CCSC1. The zero-order valence-corrected chi connectivity index (χ0v) is 11.9. The van der Waals surface area contributed by atoms with E-state index >= 15 is 0 Å². The van der Waals surface area contributed by atoms with Crippen LogP contribution in [0.3, 0.4) is 0 Å². The monoisotopic (exact) mass is 300 g/mol. The molecule has 88 valence electrons. The van der Waals surface area contributed by atoms with Crippen LogP contribution in [-0.4, -0.2) is 29.5 Å². The van der Waals surface area contributed by atoms with E-state index in [2.05, 4.69) is 45.7 Å². The average molecular weight is 301 g/mol. The Morgan fingerprint density at radius 3 is 3.06 bits per heavy atom. The van der Waals surface area contributed by atoms with Gasteiger partial charge in [-0.25, -0.2) is 0 Å². The normalized spacial score (nSPS) is 20.6. The van der Waals surface area contributed by atoms with Crippen LogP contribution in [0.2, 0.25) is 0 Å². The van der Waals surface area contributed by atoms with Crippen molar-refractivity contribution in [2.24, 2.45) is 0 Å². The first-order valence-corrected chi connectivity index (χ1v) is 7.43. The number of hydrogen-bond donors (Lipinski definition) is 1. The van der Waals surface area contributed by atoms with Gasteiger partial charge in [0.1, 0.15) is 0 Å². The fraction of sp³-hybridized carbons (Fsp3) is 0.500. The molecular weight excluding hydrogens is 284 g/mol.